The average Bonchev–Trinajstić information content (AvgIpc) is 2.95. The van der Waals surface area contributed by atoms with E-state index in [9.17, 15) is 0 Å². The van der Waals surface area contributed by atoms with Gasteiger partial charge in [0, 0.05) is 23.1 Å². The summed E-state index contributed by atoms with van der Waals surface area (Å²) < 4.78 is 11.0. The molecule has 0 saturated heterocycles. The summed E-state index contributed by atoms with van der Waals surface area (Å²) in [7, 11) is 1.68. The van der Waals surface area contributed by atoms with Gasteiger partial charge in [-0.15, -0.1) is 0 Å². The highest BCUT2D eigenvalue weighted by Crippen LogP contribution is 2.28. The van der Waals surface area contributed by atoms with Crippen molar-refractivity contribution < 1.29 is 9.47 Å². The first kappa shape index (κ1) is 17.4. The van der Waals surface area contributed by atoms with Crippen LogP contribution in [0.15, 0.2) is 42.5 Å². The summed E-state index contributed by atoms with van der Waals surface area (Å²) >= 11 is 0. The molecular formula is C21H26N2O2. The van der Waals surface area contributed by atoms with E-state index in [0.717, 1.165) is 31.0 Å². The van der Waals surface area contributed by atoms with Crippen molar-refractivity contribution in [1.82, 2.24) is 10.3 Å². The summed E-state index contributed by atoms with van der Waals surface area (Å²) in [5, 5.41) is 4.85. The van der Waals surface area contributed by atoms with E-state index in [1.807, 2.05) is 19.1 Å². The van der Waals surface area contributed by atoms with Crippen LogP contribution in [0.25, 0.3) is 10.9 Å². The van der Waals surface area contributed by atoms with Gasteiger partial charge in [0.05, 0.1) is 13.7 Å². The number of para-hydroxylation sites is 1. The van der Waals surface area contributed by atoms with E-state index in [1.165, 1.54) is 27.7 Å². The summed E-state index contributed by atoms with van der Waals surface area (Å²) in [6.07, 6.45) is 1.00. The van der Waals surface area contributed by atoms with Gasteiger partial charge in [0.2, 0.25) is 0 Å². The van der Waals surface area contributed by atoms with Crippen LogP contribution in [0.5, 0.6) is 11.5 Å². The van der Waals surface area contributed by atoms with Gasteiger partial charge in [0.1, 0.15) is 0 Å². The fraction of sp³-hybridized carbons (Fsp3) is 0.333. The van der Waals surface area contributed by atoms with E-state index >= 15 is 0 Å². The van der Waals surface area contributed by atoms with Gasteiger partial charge in [-0.05, 0) is 56.1 Å². The fourth-order valence-corrected chi connectivity index (χ4v) is 3.20. The molecule has 4 nitrogen and oxygen atoms in total. The maximum atomic E-state index is 5.56. The summed E-state index contributed by atoms with van der Waals surface area (Å²) in [4.78, 5) is 3.46. The highest BCUT2D eigenvalue weighted by molar-refractivity contribution is 5.84. The van der Waals surface area contributed by atoms with Gasteiger partial charge in [-0.3, -0.25) is 0 Å². The number of hydrogen-bond donors (Lipinski definition) is 2. The Hall–Kier alpha value is -2.46. The van der Waals surface area contributed by atoms with Crippen molar-refractivity contribution in [2.75, 3.05) is 20.3 Å². The van der Waals surface area contributed by atoms with E-state index in [-0.39, 0.29) is 0 Å². The second-order valence-electron chi connectivity index (χ2n) is 6.12. The Kier molecular flexibility index (Phi) is 5.61. The molecule has 0 aliphatic heterocycles. The van der Waals surface area contributed by atoms with Crippen LogP contribution in [0.4, 0.5) is 0 Å². The van der Waals surface area contributed by atoms with Crippen molar-refractivity contribution in [1.29, 1.82) is 0 Å². The molecule has 0 fully saturated rings. The summed E-state index contributed by atoms with van der Waals surface area (Å²) in [6, 6.07) is 14.6. The van der Waals surface area contributed by atoms with Crippen molar-refractivity contribution in [3.63, 3.8) is 0 Å². The molecule has 0 spiro atoms. The van der Waals surface area contributed by atoms with E-state index in [1.54, 1.807) is 7.11 Å². The number of ether oxygens (including phenoxy) is 2. The topological polar surface area (TPSA) is 46.3 Å². The number of aromatic nitrogens is 1. The summed E-state index contributed by atoms with van der Waals surface area (Å²) in [5.41, 5.74) is 5.06. The molecule has 0 atom stereocenters. The van der Waals surface area contributed by atoms with Crippen molar-refractivity contribution >= 4 is 10.9 Å². The number of benzene rings is 2. The van der Waals surface area contributed by atoms with Gasteiger partial charge < -0.3 is 19.8 Å². The maximum Gasteiger partial charge on any atom is 0.161 e. The molecular weight excluding hydrogens is 312 g/mol. The molecule has 4 heteroatoms. The zero-order valence-corrected chi connectivity index (χ0v) is 15.2. The lowest BCUT2D eigenvalue weighted by molar-refractivity contribution is 0.310. The highest BCUT2D eigenvalue weighted by atomic mass is 16.5. The van der Waals surface area contributed by atoms with Gasteiger partial charge in [0.15, 0.2) is 11.5 Å². The monoisotopic (exact) mass is 338 g/mol. The largest absolute Gasteiger partial charge is 0.493 e. The third-order valence-corrected chi connectivity index (χ3v) is 4.44. The van der Waals surface area contributed by atoms with Crippen molar-refractivity contribution in [2.24, 2.45) is 0 Å². The van der Waals surface area contributed by atoms with Crippen molar-refractivity contribution in [3.8, 4) is 11.5 Å². The first-order valence-electron chi connectivity index (χ1n) is 8.79. The second-order valence-corrected chi connectivity index (χ2v) is 6.12. The molecule has 2 aromatic carbocycles. The van der Waals surface area contributed by atoms with E-state index in [0.29, 0.717) is 6.61 Å². The summed E-state index contributed by atoms with van der Waals surface area (Å²) in [6.45, 7) is 6.49. The quantitative estimate of drug-likeness (QED) is 0.605. The smallest absolute Gasteiger partial charge is 0.161 e. The van der Waals surface area contributed by atoms with Crippen molar-refractivity contribution in [3.05, 3.63) is 59.3 Å². The Morgan fingerprint density at radius 3 is 2.72 bits per heavy atom. The molecule has 0 radical (unpaired) electrons. The van der Waals surface area contributed by atoms with Gasteiger partial charge >= 0.3 is 0 Å². The second kappa shape index (κ2) is 8.08. The Morgan fingerprint density at radius 1 is 1.08 bits per heavy atom. The normalized spacial score (nSPS) is 11.0. The molecule has 132 valence electrons. The molecule has 0 unspecified atom stereocenters. The maximum absolute atomic E-state index is 5.56. The predicted octanol–water partition coefficient (Wildman–Crippen LogP) is 4.22. The first-order valence-corrected chi connectivity index (χ1v) is 8.79. The van der Waals surface area contributed by atoms with Crippen LogP contribution in [0.3, 0.4) is 0 Å². The fourth-order valence-electron chi connectivity index (χ4n) is 3.20. The van der Waals surface area contributed by atoms with Crippen LogP contribution >= 0.6 is 0 Å². The van der Waals surface area contributed by atoms with Crippen molar-refractivity contribution in [2.45, 2.75) is 26.8 Å². The third kappa shape index (κ3) is 3.97. The third-order valence-electron chi connectivity index (χ3n) is 4.44. The van der Waals surface area contributed by atoms with Gasteiger partial charge in [-0.25, -0.2) is 0 Å². The van der Waals surface area contributed by atoms with E-state index in [2.05, 4.69) is 47.6 Å². The molecule has 1 heterocycles. The standard InChI is InChI=1S/C21H26N2O2/c1-4-25-20-10-9-16(13-21(20)24-3)14-22-12-11-17-15(2)23-19-8-6-5-7-18(17)19/h5-10,13,22-23H,4,11-12,14H2,1-3H3. The highest BCUT2D eigenvalue weighted by Gasteiger charge is 2.08. The minimum absolute atomic E-state index is 0.637. The van der Waals surface area contributed by atoms with Crippen LogP contribution in [-0.2, 0) is 13.0 Å². The minimum atomic E-state index is 0.637. The number of fused-ring (bicyclic) bond motifs is 1. The lowest BCUT2D eigenvalue weighted by Crippen LogP contribution is -2.17. The summed E-state index contributed by atoms with van der Waals surface area (Å²) in [5.74, 6) is 1.58. The molecule has 0 aliphatic rings. The molecule has 3 rings (SSSR count). The molecule has 0 bridgehead atoms. The SMILES string of the molecule is CCOc1ccc(CNCCc2c(C)[nH]c3ccccc23)cc1OC. The van der Waals surface area contributed by atoms with E-state index < -0.39 is 0 Å². The van der Waals surface area contributed by atoms with E-state index in [4.69, 9.17) is 9.47 Å². The molecule has 3 aromatic rings. The van der Waals surface area contributed by atoms with Gasteiger partial charge in [0.25, 0.3) is 0 Å². The lowest BCUT2D eigenvalue weighted by Gasteiger charge is -2.11. The number of aromatic amines is 1. The van der Waals surface area contributed by atoms with Gasteiger partial charge in [-0.1, -0.05) is 24.3 Å². The first-order chi connectivity index (χ1) is 12.2. The zero-order valence-electron chi connectivity index (χ0n) is 15.2. The number of methoxy groups -OCH3 is 1. The van der Waals surface area contributed by atoms with Crippen LogP contribution in [0, 0.1) is 6.92 Å². The Bertz CT molecular complexity index is 839. The number of aryl methyl sites for hydroxylation is 1. The number of hydrogen-bond acceptors (Lipinski definition) is 3. The molecule has 0 aliphatic carbocycles. The Labute approximate surface area is 149 Å². The molecule has 25 heavy (non-hydrogen) atoms. The van der Waals surface area contributed by atoms with Crippen LogP contribution in [-0.4, -0.2) is 25.2 Å². The predicted molar refractivity (Wildman–Crippen MR) is 103 cm³/mol. The van der Waals surface area contributed by atoms with Crippen LogP contribution in [0.2, 0.25) is 0 Å². The van der Waals surface area contributed by atoms with Gasteiger partial charge in [-0.2, -0.15) is 0 Å². The number of H-pyrrole nitrogens is 1. The minimum Gasteiger partial charge on any atom is -0.493 e. The lowest BCUT2D eigenvalue weighted by atomic mass is 10.1. The molecule has 0 amide bonds. The molecule has 1 aromatic heterocycles. The van der Waals surface area contributed by atoms with Crippen LogP contribution < -0.4 is 14.8 Å². The van der Waals surface area contributed by atoms with Crippen LogP contribution in [0.1, 0.15) is 23.7 Å². The molecule has 2 N–H and O–H groups in total. The Morgan fingerprint density at radius 2 is 1.92 bits per heavy atom. The molecule has 0 saturated carbocycles. The Balaban J connectivity index is 1.59. The average molecular weight is 338 g/mol. The number of rotatable bonds is 8. The zero-order chi connectivity index (χ0) is 17.6. The number of nitrogens with one attached hydrogen (secondary N) is 2.